The van der Waals surface area contributed by atoms with Crippen LogP contribution in [0.25, 0.3) is 0 Å². The van der Waals surface area contributed by atoms with Crippen LogP contribution < -0.4 is 10.5 Å². The Morgan fingerprint density at radius 3 is 2.47 bits per heavy atom. The van der Waals surface area contributed by atoms with Crippen LogP contribution in [-0.2, 0) is 0 Å². The standard InChI is InChI=1S/C13H21NO/c1-9(2)15-13-6-5-10(3)7-12(13)11(4)8-14/h5-7,9,11H,8,14H2,1-4H3. The topological polar surface area (TPSA) is 35.2 Å². The summed E-state index contributed by atoms with van der Waals surface area (Å²) in [5.41, 5.74) is 8.16. The molecule has 84 valence electrons. The fourth-order valence-electron chi connectivity index (χ4n) is 1.54. The molecule has 0 aromatic heterocycles. The molecule has 0 radical (unpaired) electrons. The summed E-state index contributed by atoms with van der Waals surface area (Å²) in [5, 5.41) is 0. The average molecular weight is 207 g/mol. The van der Waals surface area contributed by atoms with Crippen LogP contribution in [0.3, 0.4) is 0 Å². The second-order valence-electron chi connectivity index (χ2n) is 4.34. The summed E-state index contributed by atoms with van der Waals surface area (Å²) in [6.45, 7) is 8.94. The van der Waals surface area contributed by atoms with Crippen LogP contribution in [0.4, 0.5) is 0 Å². The first kappa shape index (κ1) is 12.1. The predicted octanol–water partition coefficient (Wildman–Crippen LogP) is 2.84. The molecule has 0 aliphatic carbocycles. The largest absolute Gasteiger partial charge is 0.491 e. The molecule has 1 rings (SSSR count). The highest BCUT2D eigenvalue weighted by atomic mass is 16.5. The molecule has 0 spiro atoms. The molecule has 1 aromatic rings. The van der Waals surface area contributed by atoms with E-state index in [1.165, 1.54) is 11.1 Å². The van der Waals surface area contributed by atoms with Gasteiger partial charge in [0.05, 0.1) is 6.10 Å². The van der Waals surface area contributed by atoms with Gasteiger partial charge in [0.2, 0.25) is 0 Å². The third kappa shape index (κ3) is 3.24. The van der Waals surface area contributed by atoms with Crippen LogP contribution in [0.1, 0.15) is 37.8 Å². The van der Waals surface area contributed by atoms with E-state index in [-0.39, 0.29) is 6.10 Å². The minimum atomic E-state index is 0.205. The molecule has 0 heterocycles. The van der Waals surface area contributed by atoms with Crippen LogP contribution in [0, 0.1) is 6.92 Å². The quantitative estimate of drug-likeness (QED) is 0.824. The fourth-order valence-corrected chi connectivity index (χ4v) is 1.54. The van der Waals surface area contributed by atoms with Crippen molar-refractivity contribution >= 4 is 0 Å². The first-order valence-corrected chi connectivity index (χ1v) is 5.52. The zero-order chi connectivity index (χ0) is 11.4. The molecule has 2 heteroatoms. The number of benzene rings is 1. The third-order valence-corrected chi connectivity index (χ3v) is 2.41. The maximum absolute atomic E-state index is 5.77. The number of hydrogen-bond donors (Lipinski definition) is 1. The van der Waals surface area contributed by atoms with Crippen LogP contribution in [0.5, 0.6) is 5.75 Å². The van der Waals surface area contributed by atoms with Crippen LogP contribution in [0.15, 0.2) is 18.2 Å². The maximum atomic E-state index is 5.77. The summed E-state index contributed by atoms with van der Waals surface area (Å²) in [6, 6.07) is 6.27. The van der Waals surface area contributed by atoms with Crippen molar-refractivity contribution < 1.29 is 4.74 Å². The van der Waals surface area contributed by atoms with Gasteiger partial charge in [-0.15, -0.1) is 0 Å². The van der Waals surface area contributed by atoms with Crippen molar-refractivity contribution in [2.75, 3.05) is 6.54 Å². The van der Waals surface area contributed by atoms with E-state index in [0.29, 0.717) is 12.5 Å². The second-order valence-corrected chi connectivity index (χ2v) is 4.34. The number of nitrogens with two attached hydrogens (primary N) is 1. The van der Waals surface area contributed by atoms with Crippen molar-refractivity contribution in [3.05, 3.63) is 29.3 Å². The summed E-state index contributed by atoms with van der Waals surface area (Å²) in [6.07, 6.45) is 0.205. The van der Waals surface area contributed by atoms with Gasteiger partial charge in [0.15, 0.2) is 0 Å². The Morgan fingerprint density at radius 2 is 1.93 bits per heavy atom. The Hall–Kier alpha value is -1.02. The SMILES string of the molecule is Cc1ccc(OC(C)C)c(C(C)CN)c1. The lowest BCUT2D eigenvalue weighted by atomic mass is 9.98. The number of aryl methyl sites for hydroxylation is 1. The predicted molar refractivity (Wildman–Crippen MR) is 64.4 cm³/mol. The fraction of sp³-hybridized carbons (Fsp3) is 0.538. The lowest BCUT2D eigenvalue weighted by Crippen LogP contribution is -2.13. The van der Waals surface area contributed by atoms with E-state index in [2.05, 4.69) is 26.0 Å². The second kappa shape index (κ2) is 5.17. The number of hydrogen-bond acceptors (Lipinski definition) is 2. The Labute approximate surface area is 92.4 Å². The molecule has 1 atom stereocenters. The van der Waals surface area contributed by atoms with E-state index in [9.17, 15) is 0 Å². The highest BCUT2D eigenvalue weighted by Gasteiger charge is 2.11. The smallest absolute Gasteiger partial charge is 0.123 e. The van der Waals surface area contributed by atoms with Gasteiger partial charge >= 0.3 is 0 Å². The van der Waals surface area contributed by atoms with Gasteiger partial charge < -0.3 is 10.5 Å². The molecule has 0 saturated carbocycles. The molecule has 1 unspecified atom stereocenters. The molecule has 0 fully saturated rings. The third-order valence-electron chi connectivity index (χ3n) is 2.41. The zero-order valence-corrected chi connectivity index (χ0v) is 10.1. The van der Waals surface area contributed by atoms with Gasteiger partial charge in [0.1, 0.15) is 5.75 Å². The Bertz CT molecular complexity index is 320. The lowest BCUT2D eigenvalue weighted by molar-refractivity contribution is 0.239. The van der Waals surface area contributed by atoms with Crippen molar-refractivity contribution in [1.82, 2.24) is 0 Å². The molecular formula is C13H21NO. The van der Waals surface area contributed by atoms with Gasteiger partial charge in [-0.2, -0.15) is 0 Å². The molecule has 2 nitrogen and oxygen atoms in total. The van der Waals surface area contributed by atoms with E-state index >= 15 is 0 Å². The summed E-state index contributed by atoms with van der Waals surface area (Å²) in [5.74, 6) is 1.31. The Morgan fingerprint density at radius 1 is 1.27 bits per heavy atom. The maximum Gasteiger partial charge on any atom is 0.123 e. The van der Waals surface area contributed by atoms with Crippen molar-refractivity contribution in [3.8, 4) is 5.75 Å². The van der Waals surface area contributed by atoms with Crippen molar-refractivity contribution in [2.45, 2.75) is 39.7 Å². The van der Waals surface area contributed by atoms with E-state index in [4.69, 9.17) is 10.5 Å². The van der Waals surface area contributed by atoms with E-state index in [1.54, 1.807) is 0 Å². The monoisotopic (exact) mass is 207 g/mol. The van der Waals surface area contributed by atoms with Gasteiger partial charge in [-0.05, 0) is 44.9 Å². The molecule has 0 aliphatic heterocycles. The highest BCUT2D eigenvalue weighted by molar-refractivity contribution is 5.39. The summed E-state index contributed by atoms with van der Waals surface area (Å²) >= 11 is 0. The first-order valence-electron chi connectivity index (χ1n) is 5.52. The van der Waals surface area contributed by atoms with Crippen LogP contribution >= 0.6 is 0 Å². The summed E-state index contributed by atoms with van der Waals surface area (Å²) in [7, 11) is 0. The van der Waals surface area contributed by atoms with Gasteiger partial charge in [0.25, 0.3) is 0 Å². The molecule has 0 amide bonds. The van der Waals surface area contributed by atoms with Gasteiger partial charge in [-0.1, -0.05) is 24.6 Å². The van der Waals surface area contributed by atoms with Crippen LogP contribution in [-0.4, -0.2) is 12.6 Å². The Balaban J connectivity index is 3.02. The number of rotatable bonds is 4. The molecule has 0 aliphatic rings. The molecular weight excluding hydrogens is 186 g/mol. The minimum Gasteiger partial charge on any atom is -0.491 e. The molecule has 2 N–H and O–H groups in total. The highest BCUT2D eigenvalue weighted by Crippen LogP contribution is 2.27. The van der Waals surface area contributed by atoms with Crippen molar-refractivity contribution in [1.29, 1.82) is 0 Å². The average Bonchev–Trinajstić information content (AvgIpc) is 2.19. The van der Waals surface area contributed by atoms with E-state index < -0.39 is 0 Å². The minimum absolute atomic E-state index is 0.205. The van der Waals surface area contributed by atoms with Crippen molar-refractivity contribution in [2.24, 2.45) is 5.73 Å². The number of ether oxygens (including phenoxy) is 1. The lowest BCUT2D eigenvalue weighted by Gasteiger charge is -2.18. The van der Waals surface area contributed by atoms with Crippen LogP contribution in [0.2, 0.25) is 0 Å². The van der Waals surface area contributed by atoms with Gasteiger partial charge in [-0.25, -0.2) is 0 Å². The molecule has 1 aromatic carbocycles. The Kier molecular flexibility index (Phi) is 4.15. The van der Waals surface area contributed by atoms with Crippen molar-refractivity contribution in [3.63, 3.8) is 0 Å². The summed E-state index contributed by atoms with van der Waals surface area (Å²) in [4.78, 5) is 0. The van der Waals surface area contributed by atoms with Gasteiger partial charge in [-0.3, -0.25) is 0 Å². The first-order chi connectivity index (χ1) is 7.04. The molecule has 0 saturated heterocycles. The van der Waals surface area contributed by atoms with E-state index in [1.807, 2.05) is 19.9 Å². The summed E-state index contributed by atoms with van der Waals surface area (Å²) < 4.78 is 5.77. The van der Waals surface area contributed by atoms with Gasteiger partial charge in [0, 0.05) is 0 Å². The zero-order valence-electron chi connectivity index (χ0n) is 10.1. The molecule has 0 bridgehead atoms. The molecule has 15 heavy (non-hydrogen) atoms. The normalized spacial score (nSPS) is 12.9. The van der Waals surface area contributed by atoms with E-state index in [0.717, 1.165) is 5.75 Å².